The van der Waals surface area contributed by atoms with Crippen molar-refractivity contribution in [2.45, 2.75) is 26.2 Å². The lowest BCUT2D eigenvalue weighted by molar-refractivity contribution is 0.532. The summed E-state index contributed by atoms with van der Waals surface area (Å²) in [6.45, 7) is 4.58. The number of nitrogens with two attached hydrogens (primary N) is 1. The van der Waals surface area contributed by atoms with Crippen LogP contribution in [0.5, 0.6) is 0 Å². The number of rotatable bonds is 0. The van der Waals surface area contributed by atoms with Crippen LogP contribution in [-0.2, 0) is 6.42 Å². The van der Waals surface area contributed by atoms with Gasteiger partial charge in [0.05, 0.1) is 0 Å². The molecule has 0 saturated heterocycles. The average molecular weight is 161 g/mol. The van der Waals surface area contributed by atoms with E-state index in [1.54, 1.807) is 0 Å². The highest BCUT2D eigenvalue weighted by Gasteiger charge is 2.26. The molecule has 0 aromatic heterocycles. The first-order valence-corrected chi connectivity index (χ1v) is 4.57. The Balaban J connectivity index is 2.53. The van der Waals surface area contributed by atoms with Gasteiger partial charge in [0, 0.05) is 5.69 Å². The quantitative estimate of drug-likeness (QED) is 0.581. The van der Waals surface area contributed by atoms with Gasteiger partial charge in [0.15, 0.2) is 0 Å². The van der Waals surface area contributed by atoms with E-state index in [2.05, 4.69) is 26.0 Å². The van der Waals surface area contributed by atoms with Gasteiger partial charge < -0.3 is 5.73 Å². The molecule has 0 radical (unpaired) electrons. The van der Waals surface area contributed by atoms with Crippen molar-refractivity contribution in [3.63, 3.8) is 0 Å². The second kappa shape index (κ2) is 2.51. The number of anilines is 1. The molecule has 0 saturated carbocycles. The molecule has 0 unspecified atom stereocenters. The first-order chi connectivity index (χ1) is 5.70. The fourth-order valence-electron chi connectivity index (χ4n) is 2.09. The molecule has 1 aromatic rings. The van der Waals surface area contributed by atoms with E-state index >= 15 is 0 Å². The Morgan fingerprint density at radius 2 is 2.08 bits per heavy atom. The van der Waals surface area contributed by atoms with Gasteiger partial charge >= 0.3 is 0 Å². The Kier molecular flexibility index (Phi) is 1.60. The molecule has 1 aliphatic rings. The average Bonchev–Trinajstić information content (AvgIpc) is 2.32. The van der Waals surface area contributed by atoms with Crippen molar-refractivity contribution in [1.29, 1.82) is 0 Å². The molecule has 0 amide bonds. The van der Waals surface area contributed by atoms with E-state index in [1.165, 1.54) is 11.1 Å². The minimum atomic E-state index is 0.684. The third-order valence-electron chi connectivity index (χ3n) is 3.12. The van der Waals surface area contributed by atoms with E-state index < -0.39 is 0 Å². The Morgan fingerprint density at radius 3 is 2.75 bits per heavy atom. The van der Waals surface area contributed by atoms with Gasteiger partial charge in [-0.3, -0.25) is 0 Å². The summed E-state index contributed by atoms with van der Waals surface area (Å²) in [7, 11) is 0. The predicted molar refractivity (Wildman–Crippen MR) is 52.1 cm³/mol. The maximum Gasteiger partial charge on any atom is 0.0349 e. The van der Waals surface area contributed by atoms with E-state index in [1.807, 2.05) is 6.07 Å². The Bertz CT molecular complexity index is 304. The molecule has 1 heteroatoms. The molecule has 0 bridgehead atoms. The van der Waals surface area contributed by atoms with Crippen molar-refractivity contribution in [3.8, 4) is 0 Å². The van der Waals surface area contributed by atoms with E-state index in [4.69, 9.17) is 5.73 Å². The van der Waals surface area contributed by atoms with Gasteiger partial charge in [-0.2, -0.15) is 0 Å². The summed E-state index contributed by atoms with van der Waals surface area (Å²) in [6, 6.07) is 6.27. The van der Waals surface area contributed by atoms with Gasteiger partial charge in [0.1, 0.15) is 0 Å². The largest absolute Gasteiger partial charge is 0.398 e. The second-order valence-corrected chi connectivity index (χ2v) is 3.89. The maximum absolute atomic E-state index is 5.90. The molecule has 0 fully saturated rings. The molecule has 0 spiro atoms. The standard InChI is InChI=1S/C11H15N/c1-7-6-10-9(8(7)2)4-3-5-11(10)12/h3-5,7-8H,6,12H2,1-2H3/t7-,8-/m1/s1. The van der Waals surface area contributed by atoms with Crippen LogP contribution in [0.2, 0.25) is 0 Å². The van der Waals surface area contributed by atoms with E-state index in [0.717, 1.165) is 18.0 Å². The highest BCUT2D eigenvalue weighted by Crippen LogP contribution is 2.39. The van der Waals surface area contributed by atoms with Crippen molar-refractivity contribution in [3.05, 3.63) is 29.3 Å². The van der Waals surface area contributed by atoms with Crippen LogP contribution >= 0.6 is 0 Å². The van der Waals surface area contributed by atoms with Gasteiger partial charge in [-0.15, -0.1) is 0 Å². The normalized spacial score (nSPS) is 27.2. The summed E-state index contributed by atoms with van der Waals surface area (Å²) in [5, 5.41) is 0. The zero-order valence-corrected chi connectivity index (χ0v) is 7.67. The third kappa shape index (κ3) is 0.927. The lowest BCUT2D eigenvalue weighted by Crippen LogP contribution is -1.97. The van der Waals surface area contributed by atoms with E-state index in [-0.39, 0.29) is 0 Å². The Hall–Kier alpha value is -0.980. The van der Waals surface area contributed by atoms with Crippen LogP contribution < -0.4 is 5.73 Å². The fourth-order valence-corrected chi connectivity index (χ4v) is 2.09. The lowest BCUT2D eigenvalue weighted by Gasteiger charge is -2.08. The summed E-state index contributed by atoms with van der Waals surface area (Å²) in [4.78, 5) is 0. The highest BCUT2D eigenvalue weighted by atomic mass is 14.6. The van der Waals surface area contributed by atoms with E-state index in [0.29, 0.717) is 5.92 Å². The number of hydrogen-bond donors (Lipinski definition) is 1. The molecule has 0 heterocycles. The minimum Gasteiger partial charge on any atom is -0.398 e. The van der Waals surface area contributed by atoms with Crippen LogP contribution in [0, 0.1) is 5.92 Å². The smallest absolute Gasteiger partial charge is 0.0349 e. The van der Waals surface area contributed by atoms with Gasteiger partial charge in [-0.05, 0) is 35.4 Å². The highest BCUT2D eigenvalue weighted by molar-refractivity contribution is 5.54. The summed E-state index contributed by atoms with van der Waals surface area (Å²) in [5.41, 5.74) is 9.72. The molecule has 1 nitrogen and oxygen atoms in total. The lowest BCUT2D eigenvalue weighted by atomic mass is 9.97. The van der Waals surface area contributed by atoms with E-state index in [9.17, 15) is 0 Å². The summed E-state index contributed by atoms with van der Waals surface area (Å²) in [5.74, 6) is 1.44. The van der Waals surface area contributed by atoms with Crippen molar-refractivity contribution >= 4 is 5.69 Å². The SMILES string of the molecule is C[C@@H]1Cc2c(N)cccc2[C@@H]1C. The van der Waals surface area contributed by atoms with Crippen LogP contribution in [0.4, 0.5) is 5.69 Å². The summed E-state index contributed by atoms with van der Waals surface area (Å²) in [6.07, 6.45) is 1.16. The molecular formula is C11H15N. The second-order valence-electron chi connectivity index (χ2n) is 3.89. The molecule has 2 rings (SSSR count). The van der Waals surface area contributed by atoms with Gasteiger partial charge in [-0.1, -0.05) is 26.0 Å². The van der Waals surface area contributed by atoms with Crippen molar-refractivity contribution in [2.24, 2.45) is 5.92 Å². The van der Waals surface area contributed by atoms with Crippen molar-refractivity contribution in [1.82, 2.24) is 0 Å². The first kappa shape index (κ1) is 7.66. The molecule has 0 aliphatic heterocycles. The van der Waals surface area contributed by atoms with Crippen LogP contribution in [0.1, 0.15) is 30.9 Å². The molecule has 1 aromatic carbocycles. The molecule has 12 heavy (non-hydrogen) atoms. The molecule has 64 valence electrons. The molecule has 2 N–H and O–H groups in total. The number of nitrogen functional groups attached to an aromatic ring is 1. The topological polar surface area (TPSA) is 26.0 Å². The molecule has 1 aliphatic carbocycles. The molecular weight excluding hydrogens is 146 g/mol. The summed E-state index contributed by atoms with van der Waals surface area (Å²) < 4.78 is 0. The number of fused-ring (bicyclic) bond motifs is 1. The minimum absolute atomic E-state index is 0.684. The Morgan fingerprint density at radius 1 is 1.33 bits per heavy atom. The zero-order chi connectivity index (χ0) is 8.72. The van der Waals surface area contributed by atoms with Crippen LogP contribution in [0.3, 0.4) is 0 Å². The van der Waals surface area contributed by atoms with Crippen LogP contribution in [0.25, 0.3) is 0 Å². The van der Waals surface area contributed by atoms with Crippen LogP contribution in [-0.4, -0.2) is 0 Å². The summed E-state index contributed by atoms with van der Waals surface area (Å²) >= 11 is 0. The maximum atomic E-state index is 5.90. The molecule has 2 atom stereocenters. The fraction of sp³-hybridized carbons (Fsp3) is 0.455. The van der Waals surface area contributed by atoms with Crippen molar-refractivity contribution < 1.29 is 0 Å². The predicted octanol–water partition coefficient (Wildman–Crippen LogP) is 2.56. The van der Waals surface area contributed by atoms with Gasteiger partial charge in [-0.25, -0.2) is 0 Å². The van der Waals surface area contributed by atoms with Gasteiger partial charge in [0.25, 0.3) is 0 Å². The Labute approximate surface area is 73.6 Å². The van der Waals surface area contributed by atoms with Gasteiger partial charge in [0.2, 0.25) is 0 Å². The van der Waals surface area contributed by atoms with Crippen molar-refractivity contribution in [2.75, 3.05) is 5.73 Å². The van der Waals surface area contributed by atoms with Crippen LogP contribution in [0.15, 0.2) is 18.2 Å². The third-order valence-corrected chi connectivity index (χ3v) is 3.12. The monoisotopic (exact) mass is 161 g/mol. The first-order valence-electron chi connectivity index (χ1n) is 4.57. The number of hydrogen-bond acceptors (Lipinski definition) is 1. The zero-order valence-electron chi connectivity index (χ0n) is 7.67. The number of benzene rings is 1.